The summed E-state index contributed by atoms with van der Waals surface area (Å²) in [6.45, 7) is 1.60. The standard InChI is InChI=1S/C14H18N4O/c1-15-14-16-12-6-4-3-5-11(12)13(17-14)18(2)10-7-8-19-9-10/h3-6,10H,7-9H2,1-2H3,(H,15,16,17). The van der Waals surface area contributed by atoms with Crippen LogP contribution in [-0.2, 0) is 4.74 Å². The van der Waals surface area contributed by atoms with Crippen molar-refractivity contribution >= 4 is 22.7 Å². The van der Waals surface area contributed by atoms with Gasteiger partial charge < -0.3 is 15.0 Å². The minimum absolute atomic E-state index is 0.392. The Labute approximate surface area is 112 Å². The molecule has 1 saturated heterocycles. The molecule has 19 heavy (non-hydrogen) atoms. The Morgan fingerprint density at radius 3 is 2.89 bits per heavy atom. The molecule has 0 bridgehead atoms. The van der Waals surface area contributed by atoms with Crippen molar-refractivity contribution in [2.24, 2.45) is 0 Å². The highest BCUT2D eigenvalue weighted by Gasteiger charge is 2.23. The Balaban J connectivity index is 2.09. The van der Waals surface area contributed by atoms with Crippen molar-refractivity contribution in [3.63, 3.8) is 0 Å². The molecule has 2 aromatic rings. The van der Waals surface area contributed by atoms with E-state index in [9.17, 15) is 0 Å². The summed E-state index contributed by atoms with van der Waals surface area (Å²) in [5.41, 5.74) is 0.961. The number of rotatable bonds is 3. The molecule has 0 aliphatic carbocycles. The summed E-state index contributed by atoms with van der Waals surface area (Å²) in [5.74, 6) is 1.62. The van der Waals surface area contributed by atoms with Crippen molar-refractivity contribution < 1.29 is 4.74 Å². The average Bonchev–Trinajstić information content (AvgIpc) is 2.99. The van der Waals surface area contributed by atoms with Crippen LogP contribution in [0.25, 0.3) is 10.9 Å². The molecule has 0 saturated carbocycles. The van der Waals surface area contributed by atoms with Crippen LogP contribution in [0.15, 0.2) is 24.3 Å². The van der Waals surface area contributed by atoms with Crippen LogP contribution in [0.2, 0.25) is 0 Å². The van der Waals surface area contributed by atoms with Gasteiger partial charge in [0.1, 0.15) is 5.82 Å². The van der Waals surface area contributed by atoms with Crippen LogP contribution in [0.3, 0.4) is 0 Å². The first-order chi connectivity index (χ1) is 9.29. The molecule has 0 spiro atoms. The summed E-state index contributed by atoms with van der Waals surface area (Å²) >= 11 is 0. The van der Waals surface area contributed by atoms with Crippen molar-refractivity contribution in [2.75, 3.05) is 37.5 Å². The fourth-order valence-electron chi connectivity index (χ4n) is 2.44. The van der Waals surface area contributed by atoms with Crippen molar-refractivity contribution in [1.82, 2.24) is 9.97 Å². The van der Waals surface area contributed by atoms with E-state index in [1.807, 2.05) is 25.2 Å². The van der Waals surface area contributed by atoms with Crippen molar-refractivity contribution in [3.8, 4) is 0 Å². The van der Waals surface area contributed by atoms with Gasteiger partial charge in [0, 0.05) is 26.1 Å². The second-order valence-corrected chi connectivity index (χ2v) is 4.77. The predicted molar refractivity (Wildman–Crippen MR) is 76.7 cm³/mol. The van der Waals surface area contributed by atoms with Gasteiger partial charge in [0.05, 0.1) is 18.2 Å². The Kier molecular flexibility index (Phi) is 3.21. The molecule has 1 aliphatic rings. The second-order valence-electron chi connectivity index (χ2n) is 4.77. The lowest BCUT2D eigenvalue weighted by Gasteiger charge is -2.25. The third kappa shape index (κ3) is 2.21. The lowest BCUT2D eigenvalue weighted by Crippen LogP contribution is -2.32. The SMILES string of the molecule is CNc1nc(N(C)C2CCOC2)c2ccccc2n1. The number of anilines is 2. The van der Waals surface area contributed by atoms with E-state index < -0.39 is 0 Å². The summed E-state index contributed by atoms with van der Waals surface area (Å²) in [4.78, 5) is 11.3. The van der Waals surface area contributed by atoms with Gasteiger partial charge in [-0.2, -0.15) is 4.98 Å². The number of benzene rings is 1. The third-order valence-corrected chi connectivity index (χ3v) is 3.59. The normalized spacial score (nSPS) is 18.7. The zero-order valence-corrected chi connectivity index (χ0v) is 11.3. The van der Waals surface area contributed by atoms with Crippen molar-refractivity contribution in [2.45, 2.75) is 12.5 Å². The summed E-state index contributed by atoms with van der Waals surface area (Å²) < 4.78 is 5.47. The Hall–Kier alpha value is -1.88. The molecular formula is C14H18N4O. The lowest BCUT2D eigenvalue weighted by molar-refractivity contribution is 0.193. The van der Waals surface area contributed by atoms with E-state index in [4.69, 9.17) is 4.74 Å². The first-order valence-electron chi connectivity index (χ1n) is 6.54. The number of para-hydroxylation sites is 1. The number of nitrogens with one attached hydrogen (secondary N) is 1. The fourth-order valence-corrected chi connectivity index (χ4v) is 2.44. The Bertz CT molecular complexity index is 581. The molecule has 1 aromatic carbocycles. The number of ether oxygens (including phenoxy) is 1. The van der Waals surface area contributed by atoms with Crippen LogP contribution in [0.4, 0.5) is 11.8 Å². The predicted octanol–water partition coefficient (Wildman–Crippen LogP) is 1.90. The highest BCUT2D eigenvalue weighted by Crippen LogP contribution is 2.27. The molecule has 0 radical (unpaired) electrons. The van der Waals surface area contributed by atoms with E-state index in [2.05, 4.69) is 33.3 Å². The van der Waals surface area contributed by atoms with Gasteiger partial charge in [0.25, 0.3) is 0 Å². The summed E-state index contributed by atoms with van der Waals surface area (Å²) in [7, 11) is 3.92. The Morgan fingerprint density at radius 2 is 2.16 bits per heavy atom. The van der Waals surface area contributed by atoms with Gasteiger partial charge in [0.15, 0.2) is 0 Å². The van der Waals surface area contributed by atoms with Gasteiger partial charge in [-0.05, 0) is 18.6 Å². The van der Waals surface area contributed by atoms with E-state index in [0.29, 0.717) is 12.0 Å². The zero-order valence-electron chi connectivity index (χ0n) is 11.3. The largest absolute Gasteiger partial charge is 0.379 e. The lowest BCUT2D eigenvalue weighted by atomic mass is 10.2. The molecule has 100 valence electrons. The maximum atomic E-state index is 5.47. The van der Waals surface area contributed by atoms with Gasteiger partial charge in [-0.3, -0.25) is 0 Å². The van der Waals surface area contributed by atoms with Crippen LogP contribution >= 0.6 is 0 Å². The van der Waals surface area contributed by atoms with Crippen LogP contribution in [-0.4, -0.2) is 43.3 Å². The van der Waals surface area contributed by atoms with Gasteiger partial charge in [-0.15, -0.1) is 0 Å². The summed E-state index contributed by atoms with van der Waals surface area (Å²) in [6.07, 6.45) is 1.05. The molecule has 2 heterocycles. The number of aromatic nitrogens is 2. The van der Waals surface area contributed by atoms with Gasteiger partial charge in [-0.1, -0.05) is 12.1 Å². The average molecular weight is 258 g/mol. The molecule has 1 aliphatic heterocycles. The first-order valence-corrected chi connectivity index (χ1v) is 6.54. The number of hydrogen-bond acceptors (Lipinski definition) is 5. The van der Waals surface area contributed by atoms with Crippen molar-refractivity contribution in [3.05, 3.63) is 24.3 Å². The first kappa shape index (κ1) is 12.2. The molecule has 0 amide bonds. The number of nitrogens with zero attached hydrogens (tertiary/aromatic N) is 3. The van der Waals surface area contributed by atoms with Gasteiger partial charge in [0.2, 0.25) is 5.95 Å². The topological polar surface area (TPSA) is 50.3 Å². The van der Waals surface area contributed by atoms with Crippen molar-refractivity contribution in [1.29, 1.82) is 0 Å². The van der Waals surface area contributed by atoms with E-state index >= 15 is 0 Å². The smallest absolute Gasteiger partial charge is 0.224 e. The number of hydrogen-bond donors (Lipinski definition) is 1. The highest BCUT2D eigenvalue weighted by molar-refractivity contribution is 5.90. The van der Waals surface area contributed by atoms with Gasteiger partial charge in [-0.25, -0.2) is 4.98 Å². The molecule has 1 unspecified atom stereocenters. The molecule has 5 heteroatoms. The maximum absolute atomic E-state index is 5.47. The molecule has 5 nitrogen and oxygen atoms in total. The molecule has 1 aromatic heterocycles. The minimum Gasteiger partial charge on any atom is -0.379 e. The van der Waals surface area contributed by atoms with Crippen LogP contribution in [0.5, 0.6) is 0 Å². The zero-order chi connectivity index (χ0) is 13.2. The molecule has 1 atom stereocenters. The van der Waals surface area contributed by atoms with E-state index in [-0.39, 0.29) is 0 Å². The van der Waals surface area contributed by atoms with E-state index in [1.165, 1.54) is 0 Å². The highest BCUT2D eigenvalue weighted by atomic mass is 16.5. The Morgan fingerprint density at radius 1 is 1.32 bits per heavy atom. The monoisotopic (exact) mass is 258 g/mol. The van der Waals surface area contributed by atoms with Crippen LogP contribution in [0.1, 0.15) is 6.42 Å². The summed E-state index contributed by atoms with van der Waals surface area (Å²) in [6, 6.07) is 8.49. The summed E-state index contributed by atoms with van der Waals surface area (Å²) in [5, 5.41) is 4.10. The second kappa shape index (κ2) is 5.01. The maximum Gasteiger partial charge on any atom is 0.224 e. The molecule has 1 N–H and O–H groups in total. The van der Waals surface area contributed by atoms with E-state index in [0.717, 1.165) is 36.4 Å². The fraction of sp³-hybridized carbons (Fsp3) is 0.429. The van der Waals surface area contributed by atoms with Crippen LogP contribution in [0, 0.1) is 0 Å². The number of fused-ring (bicyclic) bond motifs is 1. The minimum atomic E-state index is 0.392. The molecular weight excluding hydrogens is 240 g/mol. The third-order valence-electron chi connectivity index (χ3n) is 3.59. The molecule has 1 fully saturated rings. The van der Waals surface area contributed by atoms with Gasteiger partial charge >= 0.3 is 0 Å². The quantitative estimate of drug-likeness (QED) is 0.911. The van der Waals surface area contributed by atoms with E-state index in [1.54, 1.807) is 0 Å². The number of likely N-dealkylation sites (N-methyl/N-ethyl adjacent to an activating group) is 1. The van der Waals surface area contributed by atoms with Crippen LogP contribution < -0.4 is 10.2 Å². The molecule has 3 rings (SSSR count).